The molecule has 2 aliphatic rings. The van der Waals surface area contributed by atoms with Crippen molar-refractivity contribution in [2.24, 2.45) is 11.8 Å². The average molecular weight is 542 g/mol. The van der Waals surface area contributed by atoms with Crippen LogP contribution in [0.3, 0.4) is 0 Å². The number of fused-ring (bicyclic) bond motifs is 1. The first-order valence-electron chi connectivity index (χ1n) is 12.6. The molecule has 2 unspecified atom stereocenters. The quantitative estimate of drug-likeness (QED) is 0.440. The van der Waals surface area contributed by atoms with Gasteiger partial charge in [-0.1, -0.05) is 48.0 Å². The third-order valence-electron chi connectivity index (χ3n) is 7.45. The number of nitrogens with one attached hydrogen (secondary N) is 1. The SMILES string of the molecule is O=C(NC(CCN1CC2CN(C(=O)c3c(F)cccc3Cl)C[C@@H]2C1)c1ccccc1)c1ccc(F)c(F)c1. The number of halogens is 4. The van der Waals surface area contributed by atoms with Gasteiger partial charge in [-0.25, -0.2) is 13.2 Å². The topological polar surface area (TPSA) is 52.7 Å². The fraction of sp³-hybridized carbons (Fsp3) is 0.310. The number of hydrogen-bond acceptors (Lipinski definition) is 3. The lowest BCUT2D eigenvalue weighted by Gasteiger charge is -2.25. The highest BCUT2D eigenvalue weighted by atomic mass is 35.5. The van der Waals surface area contributed by atoms with E-state index in [0.29, 0.717) is 26.1 Å². The summed E-state index contributed by atoms with van der Waals surface area (Å²) < 4.78 is 41.2. The maximum absolute atomic E-state index is 14.3. The molecule has 5 rings (SSSR count). The maximum atomic E-state index is 14.3. The van der Waals surface area contributed by atoms with Crippen LogP contribution in [0.4, 0.5) is 13.2 Å². The summed E-state index contributed by atoms with van der Waals surface area (Å²) in [5.41, 5.74) is 0.898. The summed E-state index contributed by atoms with van der Waals surface area (Å²) in [5.74, 6) is -2.98. The number of carbonyl (C=O) groups excluding carboxylic acids is 2. The molecule has 198 valence electrons. The number of nitrogens with zero attached hydrogens (tertiary/aromatic N) is 2. The number of benzene rings is 3. The van der Waals surface area contributed by atoms with Crippen molar-refractivity contribution in [1.82, 2.24) is 15.1 Å². The Bertz CT molecular complexity index is 1310. The minimum atomic E-state index is -1.07. The van der Waals surface area contributed by atoms with Crippen molar-refractivity contribution >= 4 is 23.4 Å². The van der Waals surface area contributed by atoms with Crippen LogP contribution >= 0.6 is 11.6 Å². The molecule has 0 bridgehead atoms. The lowest BCUT2D eigenvalue weighted by molar-refractivity contribution is 0.0769. The lowest BCUT2D eigenvalue weighted by Crippen LogP contribution is -2.35. The van der Waals surface area contributed by atoms with Crippen molar-refractivity contribution in [2.75, 3.05) is 32.7 Å². The van der Waals surface area contributed by atoms with Gasteiger partial charge in [0, 0.05) is 38.3 Å². The maximum Gasteiger partial charge on any atom is 0.258 e. The normalized spacial score (nSPS) is 19.8. The number of carbonyl (C=O) groups is 2. The van der Waals surface area contributed by atoms with E-state index < -0.39 is 23.4 Å². The van der Waals surface area contributed by atoms with Crippen LogP contribution < -0.4 is 5.32 Å². The molecule has 0 aliphatic carbocycles. The van der Waals surface area contributed by atoms with Gasteiger partial charge in [0.05, 0.1) is 16.6 Å². The summed E-state index contributed by atoms with van der Waals surface area (Å²) in [7, 11) is 0. The second kappa shape index (κ2) is 11.2. The van der Waals surface area contributed by atoms with Gasteiger partial charge in [0.15, 0.2) is 11.6 Å². The molecule has 0 spiro atoms. The van der Waals surface area contributed by atoms with E-state index in [9.17, 15) is 22.8 Å². The van der Waals surface area contributed by atoms with E-state index in [0.717, 1.165) is 30.8 Å². The Balaban J connectivity index is 1.20. The van der Waals surface area contributed by atoms with Crippen LogP contribution in [0.25, 0.3) is 0 Å². The molecular weight excluding hydrogens is 515 g/mol. The zero-order chi connectivity index (χ0) is 26.8. The molecule has 2 amide bonds. The van der Waals surface area contributed by atoms with Crippen LogP contribution in [-0.2, 0) is 0 Å². The van der Waals surface area contributed by atoms with Crippen molar-refractivity contribution in [3.05, 3.63) is 106 Å². The van der Waals surface area contributed by atoms with E-state index >= 15 is 0 Å². The van der Waals surface area contributed by atoms with Crippen LogP contribution in [0.2, 0.25) is 5.02 Å². The second-order valence-electron chi connectivity index (χ2n) is 9.94. The van der Waals surface area contributed by atoms with Gasteiger partial charge >= 0.3 is 0 Å². The molecule has 3 aromatic carbocycles. The van der Waals surface area contributed by atoms with Gasteiger partial charge in [-0.3, -0.25) is 9.59 Å². The molecule has 2 fully saturated rings. The molecule has 1 N–H and O–H groups in total. The molecular formula is C29H27ClF3N3O2. The van der Waals surface area contributed by atoms with Gasteiger partial charge in [-0.2, -0.15) is 0 Å². The molecule has 38 heavy (non-hydrogen) atoms. The summed E-state index contributed by atoms with van der Waals surface area (Å²) in [5, 5.41) is 3.08. The third-order valence-corrected chi connectivity index (χ3v) is 7.76. The van der Waals surface area contributed by atoms with Crippen molar-refractivity contribution < 1.29 is 22.8 Å². The Morgan fingerprint density at radius 3 is 2.24 bits per heavy atom. The molecule has 3 aromatic rings. The first-order valence-corrected chi connectivity index (χ1v) is 12.9. The molecule has 2 aliphatic heterocycles. The minimum Gasteiger partial charge on any atom is -0.345 e. The molecule has 3 atom stereocenters. The van der Waals surface area contributed by atoms with E-state index in [4.69, 9.17) is 11.6 Å². The Labute approximate surface area is 224 Å². The van der Waals surface area contributed by atoms with E-state index in [1.165, 1.54) is 24.3 Å². The molecule has 0 radical (unpaired) electrons. The molecule has 5 nitrogen and oxygen atoms in total. The van der Waals surface area contributed by atoms with Gasteiger partial charge in [-0.15, -0.1) is 0 Å². The fourth-order valence-electron chi connectivity index (χ4n) is 5.50. The summed E-state index contributed by atoms with van der Waals surface area (Å²) >= 11 is 6.10. The van der Waals surface area contributed by atoms with E-state index in [1.807, 2.05) is 30.3 Å². The van der Waals surface area contributed by atoms with Crippen LogP contribution in [0.5, 0.6) is 0 Å². The average Bonchev–Trinajstić information content (AvgIpc) is 3.47. The predicted molar refractivity (Wildman–Crippen MR) is 138 cm³/mol. The molecule has 0 aromatic heterocycles. The summed E-state index contributed by atoms with van der Waals surface area (Å²) in [6, 6.07) is 16.5. The highest BCUT2D eigenvalue weighted by Crippen LogP contribution is 2.34. The zero-order valence-corrected chi connectivity index (χ0v) is 21.3. The second-order valence-corrected chi connectivity index (χ2v) is 10.3. The highest BCUT2D eigenvalue weighted by molar-refractivity contribution is 6.33. The van der Waals surface area contributed by atoms with Crippen LogP contribution in [-0.4, -0.2) is 54.3 Å². The van der Waals surface area contributed by atoms with Crippen LogP contribution in [0.1, 0.15) is 38.7 Å². The zero-order valence-electron chi connectivity index (χ0n) is 20.5. The van der Waals surface area contributed by atoms with Gasteiger partial charge in [0.2, 0.25) is 0 Å². The standard InChI is InChI=1S/C29H27ClF3N3O2/c30-22-7-4-8-24(32)27(22)29(38)36-16-20-14-35(15-21(20)17-36)12-11-26(18-5-2-1-3-6-18)34-28(37)19-9-10-23(31)25(33)13-19/h1-10,13,20-21,26H,11-12,14-17H2,(H,34,37)/t20-,21?,26?/m0/s1. The third kappa shape index (κ3) is 5.56. The van der Waals surface area contributed by atoms with Gasteiger partial charge in [0.25, 0.3) is 11.8 Å². The Hall–Kier alpha value is -3.36. The largest absolute Gasteiger partial charge is 0.345 e. The number of likely N-dealkylation sites (tertiary alicyclic amines) is 2. The Kier molecular flexibility index (Phi) is 7.72. The van der Waals surface area contributed by atoms with Gasteiger partial charge < -0.3 is 15.1 Å². The molecule has 9 heteroatoms. The Morgan fingerprint density at radius 2 is 1.58 bits per heavy atom. The van der Waals surface area contributed by atoms with E-state index in [-0.39, 0.29) is 39.9 Å². The first kappa shape index (κ1) is 26.3. The van der Waals surface area contributed by atoms with E-state index in [2.05, 4.69) is 10.2 Å². The molecule has 2 saturated heterocycles. The lowest BCUT2D eigenvalue weighted by atomic mass is 10.0. The van der Waals surface area contributed by atoms with Crippen molar-refractivity contribution in [1.29, 1.82) is 0 Å². The van der Waals surface area contributed by atoms with Crippen LogP contribution in [0.15, 0.2) is 66.7 Å². The van der Waals surface area contributed by atoms with Crippen molar-refractivity contribution in [3.8, 4) is 0 Å². The first-order chi connectivity index (χ1) is 18.3. The number of rotatable bonds is 7. The van der Waals surface area contributed by atoms with Crippen LogP contribution in [0, 0.1) is 29.3 Å². The summed E-state index contributed by atoms with van der Waals surface area (Å²) in [6.45, 7) is 3.37. The molecule has 0 saturated carbocycles. The minimum absolute atomic E-state index is 0.0558. The Morgan fingerprint density at radius 1 is 0.868 bits per heavy atom. The highest BCUT2D eigenvalue weighted by Gasteiger charge is 2.42. The summed E-state index contributed by atoms with van der Waals surface area (Å²) in [6.07, 6.45) is 0.617. The predicted octanol–water partition coefficient (Wildman–Crippen LogP) is 5.32. The number of hydrogen-bond donors (Lipinski definition) is 1. The van der Waals surface area contributed by atoms with E-state index in [1.54, 1.807) is 4.90 Å². The van der Waals surface area contributed by atoms with Crippen molar-refractivity contribution in [3.63, 3.8) is 0 Å². The fourth-order valence-corrected chi connectivity index (χ4v) is 5.74. The van der Waals surface area contributed by atoms with Gasteiger partial charge in [0.1, 0.15) is 5.82 Å². The number of amides is 2. The smallest absolute Gasteiger partial charge is 0.258 e. The van der Waals surface area contributed by atoms with Gasteiger partial charge in [-0.05, 0) is 54.2 Å². The van der Waals surface area contributed by atoms with Crippen molar-refractivity contribution in [2.45, 2.75) is 12.5 Å². The summed E-state index contributed by atoms with van der Waals surface area (Å²) in [4.78, 5) is 29.8. The monoisotopic (exact) mass is 541 g/mol. The molecule has 2 heterocycles.